The maximum atomic E-state index is 8.95. The zero-order valence-electron chi connectivity index (χ0n) is 7.33. The summed E-state index contributed by atoms with van der Waals surface area (Å²) in [6.45, 7) is 0.326. The molecule has 1 aliphatic carbocycles. The Labute approximate surface area is 80.1 Å². The van der Waals surface area contributed by atoms with E-state index < -0.39 is 0 Å². The summed E-state index contributed by atoms with van der Waals surface area (Å²) in [7, 11) is 0. The number of hydrogen-bond acceptors (Lipinski definition) is 2. The van der Waals surface area contributed by atoms with Crippen LogP contribution in [-0.4, -0.2) is 23.8 Å². The van der Waals surface area contributed by atoms with Gasteiger partial charge in [0.2, 0.25) is 0 Å². The molecule has 0 aromatic carbocycles. The number of aliphatic hydroxyl groups excluding tert-OH is 1. The van der Waals surface area contributed by atoms with Crippen LogP contribution < -0.4 is 5.32 Å². The van der Waals surface area contributed by atoms with Crippen LogP contribution in [0.15, 0.2) is 0 Å². The second kappa shape index (κ2) is 4.45. The molecule has 3 heteroatoms. The lowest BCUT2D eigenvalue weighted by Crippen LogP contribution is -2.34. The molecule has 0 bridgehead atoms. The fourth-order valence-electron chi connectivity index (χ4n) is 2.57. The predicted molar refractivity (Wildman–Crippen MR) is 51.6 cm³/mol. The van der Waals surface area contributed by atoms with Gasteiger partial charge in [0.05, 0.1) is 6.61 Å². The van der Waals surface area contributed by atoms with E-state index >= 15 is 0 Å². The van der Waals surface area contributed by atoms with Crippen LogP contribution in [0.3, 0.4) is 0 Å². The van der Waals surface area contributed by atoms with Crippen molar-refractivity contribution in [2.75, 3.05) is 6.61 Å². The first-order chi connectivity index (χ1) is 5.40. The van der Waals surface area contributed by atoms with Crippen LogP contribution in [-0.2, 0) is 0 Å². The van der Waals surface area contributed by atoms with Crippen molar-refractivity contribution < 1.29 is 5.11 Å². The van der Waals surface area contributed by atoms with Gasteiger partial charge in [0.1, 0.15) is 0 Å². The quantitative estimate of drug-likeness (QED) is 0.656. The lowest BCUT2D eigenvalue weighted by molar-refractivity contribution is 0.250. The molecular formula is C9H18ClNO. The highest BCUT2D eigenvalue weighted by Gasteiger charge is 2.34. The molecule has 2 aliphatic rings. The normalized spacial score (nSPS) is 40.2. The van der Waals surface area contributed by atoms with E-state index in [1.165, 1.54) is 32.1 Å². The second-order valence-electron chi connectivity index (χ2n) is 3.93. The lowest BCUT2D eigenvalue weighted by atomic mass is 9.85. The topological polar surface area (TPSA) is 32.3 Å². The standard InChI is InChI=1S/C9H17NO.ClH/c11-6-8-5-7-3-1-2-4-9(7)10-8;/h7-11H,1-6H2;1H/t7-,8-,9-;/m0./s1. The van der Waals surface area contributed by atoms with Gasteiger partial charge in [0.15, 0.2) is 0 Å². The molecule has 0 aromatic heterocycles. The molecule has 3 atom stereocenters. The zero-order chi connectivity index (χ0) is 7.68. The molecule has 72 valence electrons. The van der Waals surface area contributed by atoms with Gasteiger partial charge in [-0.1, -0.05) is 12.8 Å². The van der Waals surface area contributed by atoms with E-state index in [0.29, 0.717) is 12.6 Å². The van der Waals surface area contributed by atoms with Crippen molar-refractivity contribution in [1.29, 1.82) is 0 Å². The molecule has 1 heterocycles. The fourth-order valence-corrected chi connectivity index (χ4v) is 2.57. The summed E-state index contributed by atoms with van der Waals surface area (Å²) >= 11 is 0. The van der Waals surface area contributed by atoms with E-state index in [0.717, 1.165) is 12.0 Å². The van der Waals surface area contributed by atoms with Crippen LogP contribution in [0, 0.1) is 5.92 Å². The largest absolute Gasteiger partial charge is 0.395 e. The molecule has 2 fully saturated rings. The Morgan fingerprint density at radius 2 is 2.00 bits per heavy atom. The third-order valence-corrected chi connectivity index (χ3v) is 3.17. The van der Waals surface area contributed by atoms with Crippen LogP contribution in [0.1, 0.15) is 32.1 Å². The maximum absolute atomic E-state index is 8.95. The third-order valence-electron chi connectivity index (χ3n) is 3.17. The Morgan fingerprint density at radius 3 is 2.67 bits per heavy atom. The van der Waals surface area contributed by atoms with Crippen LogP contribution in [0.4, 0.5) is 0 Å². The Kier molecular flexibility index (Phi) is 3.81. The van der Waals surface area contributed by atoms with Gasteiger partial charge in [-0.3, -0.25) is 0 Å². The minimum Gasteiger partial charge on any atom is -0.395 e. The summed E-state index contributed by atoms with van der Waals surface area (Å²) in [5, 5.41) is 12.4. The van der Waals surface area contributed by atoms with E-state index in [-0.39, 0.29) is 12.4 Å². The number of hydrogen-bond donors (Lipinski definition) is 2. The van der Waals surface area contributed by atoms with E-state index in [1.807, 2.05) is 0 Å². The molecule has 12 heavy (non-hydrogen) atoms. The van der Waals surface area contributed by atoms with Crippen LogP contribution in [0.2, 0.25) is 0 Å². The third kappa shape index (κ3) is 1.93. The fraction of sp³-hybridized carbons (Fsp3) is 1.00. The summed E-state index contributed by atoms with van der Waals surface area (Å²) in [5.41, 5.74) is 0. The van der Waals surface area contributed by atoms with Gasteiger partial charge in [0.25, 0.3) is 0 Å². The average Bonchev–Trinajstić information content (AvgIpc) is 2.46. The van der Waals surface area contributed by atoms with Gasteiger partial charge in [-0.25, -0.2) is 0 Å². The molecule has 1 saturated heterocycles. The predicted octanol–water partition coefficient (Wildman–Crippen LogP) is 1.32. The summed E-state index contributed by atoms with van der Waals surface area (Å²) < 4.78 is 0. The number of aliphatic hydroxyl groups is 1. The highest BCUT2D eigenvalue weighted by molar-refractivity contribution is 5.85. The van der Waals surface area contributed by atoms with Crippen LogP contribution in [0.25, 0.3) is 0 Å². The summed E-state index contributed by atoms with van der Waals surface area (Å²) in [6, 6.07) is 1.14. The molecule has 0 aromatic rings. The van der Waals surface area contributed by atoms with Gasteiger partial charge < -0.3 is 10.4 Å². The molecule has 2 rings (SSSR count). The Bertz CT molecular complexity index is 128. The first-order valence-electron chi connectivity index (χ1n) is 4.77. The second-order valence-corrected chi connectivity index (χ2v) is 3.93. The van der Waals surface area contributed by atoms with E-state index in [4.69, 9.17) is 5.11 Å². The number of rotatable bonds is 1. The highest BCUT2D eigenvalue weighted by atomic mass is 35.5. The molecule has 1 aliphatic heterocycles. The van der Waals surface area contributed by atoms with Gasteiger partial charge in [-0.15, -0.1) is 12.4 Å². The van der Waals surface area contributed by atoms with Crippen molar-refractivity contribution in [1.82, 2.24) is 5.32 Å². The molecule has 0 unspecified atom stereocenters. The first kappa shape index (κ1) is 10.3. The Balaban J connectivity index is 0.000000720. The van der Waals surface area contributed by atoms with Crippen molar-refractivity contribution in [3.63, 3.8) is 0 Å². The van der Waals surface area contributed by atoms with E-state index in [2.05, 4.69) is 5.32 Å². The highest BCUT2D eigenvalue weighted by Crippen LogP contribution is 2.32. The monoisotopic (exact) mass is 191 g/mol. The van der Waals surface area contributed by atoms with Crippen molar-refractivity contribution in [2.24, 2.45) is 5.92 Å². The van der Waals surface area contributed by atoms with Gasteiger partial charge in [-0.05, 0) is 25.2 Å². The molecule has 0 amide bonds. The van der Waals surface area contributed by atoms with Gasteiger partial charge in [0, 0.05) is 12.1 Å². The van der Waals surface area contributed by atoms with Crippen molar-refractivity contribution in [3.8, 4) is 0 Å². The molecular weight excluding hydrogens is 174 g/mol. The molecule has 1 saturated carbocycles. The van der Waals surface area contributed by atoms with Crippen molar-refractivity contribution >= 4 is 12.4 Å². The average molecular weight is 192 g/mol. The molecule has 0 radical (unpaired) electrons. The smallest absolute Gasteiger partial charge is 0.0584 e. The SMILES string of the molecule is Cl.OC[C@@H]1C[C@@H]2CCCC[C@@H]2N1. The molecule has 2 N–H and O–H groups in total. The summed E-state index contributed by atoms with van der Waals surface area (Å²) in [4.78, 5) is 0. The lowest BCUT2D eigenvalue weighted by Gasteiger charge is -2.24. The van der Waals surface area contributed by atoms with Crippen molar-refractivity contribution in [3.05, 3.63) is 0 Å². The number of halogens is 1. The van der Waals surface area contributed by atoms with Gasteiger partial charge >= 0.3 is 0 Å². The number of fused-ring (bicyclic) bond motifs is 1. The minimum atomic E-state index is 0. The molecule has 2 nitrogen and oxygen atoms in total. The zero-order valence-corrected chi connectivity index (χ0v) is 8.15. The molecule has 0 spiro atoms. The Hall–Kier alpha value is 0.210. The summed E-state index contributed by atoms with van der Waals surface area (Å²) in [5.74, 6) is 0.876. The summed E-state index contributed by atoms with van der Waals surface area (Å²) in [6.07, 6.45) is 6.71. The minimum absolute atomic E-state index is 0. The van der Waals surface area contributed by atoms with E-state index in [1.54, 1.807) is 0 Å². The first-order valence-corrected chi connectivity index (χ1v) is 4.77. The van der Waals surface area contributed by atoms with E-state index in [9.17, 15) is 0 Å². The maximum Gasteiger partial charge on any atom is 0.0584 e. The van der Waals surface area contributed by atoms with Crippen LogP contribution >= 0.6 is 12.4 Å². The Morgan fingerprint density at radius 1 is 1.25 bits per heavy atom. The van der Waals surface area contributed by atoms with Crippen LogP contribution in [0.5, 0.6) is 0 Å². The van der Waals surface area contributed by atoms with Gasteiger partial charge in [-0.2, -0.15) is 0 Å². The van der Waals surface area contributed by atoms with Crippen molar-refractivity contribution in [2.45, 2.75) is 44.2 Å². The number of nitrogens with one attached hydrogen (secondary N) is 1.